The number of thioether (sulfide) groups is 1. The highest BCUT2D eigenvalue weighted by atomic mass is 35.5. The van der Waals surface area contributed by atoms with Crippen LogP contribution in [0.4, 0.5) is 0 Å². The Morgan fingerprint density at radius 1 is 0.927 bits per heavy atom. The summed E-state index contributed by atoms with van der Waals surface area (Å²) in [6.07, 6.45) is -0.254. The van der Waals surface area contributed by atoms with Gasteiger partial charge in [0.2, 0.25) is 0 Å². The van der Waals surface area contributed by atoms with Crippen molar-refractivity contribution in [2.75, 3.05) is 78.1 Å². The molecule has 3 aliphatic rings. The number of hydrogen-bond acceptors (Lipinski definition) is 8. The van der Waals surface area contributed by atoms with Crippen molar-refractivity contribution in [3.05, 3.63) is 50.8 Å². The van der Waals surface area contributed by atoms with E-state index < -0.39 is 11.9 Å². The summed E-state index contributed by atoms with van der Waals surface area (Å²) in [6, 6.07) is 5.31. The first-order valence-corrected chi connectivity index (χ1v) is 15.9. The Morgan fingerprint density at radius 2 is 1.44 bits per heavy atom. The third kappa shape index (κ3) is 9.35. The number of halogens is 2. The van der Waals surface area contributed by atoms with Crippen LogP contribution in [0.1, 0.15) is 20.8 Å². The monoisotopic (exact) mass is 629 g/mol. The van der Waals surface area contributed by atoms with Crippen LogP contribution < -0.4 is 15.1 Å². The molecule has 0 bridgehead atoms. The number of ether oxygens (including phenoxy) is 4. The molecule has 1 aromatic rings. The van der Waals surface area contributed by atoms with Crippen LogP contribution in [0, 0.1) is 5.92 Å². The van der Waals surface area contributed by atoms with Gasteiger partial charge in [-0.15, -0.1) is 11.8 Å². The Balaban J connectivity index is 1.37. The van der Waals surface area contributed by atoms with Crippen LogP contribution in [0.3, 0.4) is 0 Å². The molecule has 4 rings (SSSR count). The van der Waals surface area contributed by atoms with Gasteiger partial charge in [0, 0.05) is 38.0 Å². The Hall–Kier alpha value is -1.79. The lowest BCUT2D eigenvalue weighted by atomic mass is 9.87. The summed E-state index contributed by atoms with van der Waals surface area (Å²) in [4.78, 5) is 30.5. The number of dihydropyridines is 1. The maximum Gasteiger partial charge on any atom is 0.337 e. The molecule has 1 aromatic carbocycles. The summed E-state index contributed by atoms with van der Waals surface area (Å²) in [5.41, 5.74) is 2.27. The fraction of sp³-hybridized carbons (Fsp3) is 0.586. The highest BCUT2D eigenvalue weighted by molar-refractivity contribution is 7.99. The first-order valence-electron chi connectivity index (χ1n) is 14.2. The van der Waals surface area contributed by atoms with E-state index in [0.29, 0.717) is 64.8 Å². The zero-order chi connectivity index (χ0) is 29.4. The minimum absolute atomic E-state index is 0.201. The van der Waals surface area contributed by atoms with Gasteiger partial charge in [0.05, 0.1) is 37.6 Å². The van der Waals surface area contributed by atoms with Gasteiger partial charge >= 0.3 is 11.9 Å². The van der Waals surface area contributed by atoms with Crippen molar-refractivity contribution >= 4 is 46.9 Å². The Kier molecular flexibility index (Phi) is 12.2. The molecule has 3 N–H and O–H groups in total. The summed E-state index contributed by atoms with van der Waals surface area (Å²) in [6.45, 7) is 13.6. The van der Waals surface area contributed by atoms with E-state index >= 15 is 0 Å². The molecule has 226 valence electrons. The minimum Gasteiger partial charge on any atom is -0.461 e. The maximum absolute atomic E-state index is 13.7. The van der Waals surface area contributed by atoms with E-state index in [4.69, 9.17) is 42.1 Å². The van der Waals surface area contributed by atoms with Crippen LogP contribution in [-0.2, 0) is 28.5 Å². The van der Waals surface area contributed by atoms with E-state index in [1.54, 1.807) is 6.07 Å². The first kappa shape index (κ1) is 32.1. The fourth-order valence-corrected chi connectivity index (χ4v) is 7.07. The number of rotatable bonds is 11. The second-order valence-electron chi connectivity index (χ2n) is 10.7. The zero-order valence-electron chi connectivity index (χ0n) is 24.0. The molecule has 3 heterocycles. The summed E-state index contributed by atoms with van der Waals surface area (Å²) in [5, 5.41) is 4.33. The fourth-order valence-electron chi connectivity index (χ4n) is 5.60. The highest BCUT2D eigenvalue weighted by Crippen LogP contribution is 2.31. The summed E-state index contributed by atoms with van der Waals surface area (Å²) in [7, 11) is 0. The lowest BCUT2D eigenvalue weighted by Crippen LogP contribution is -3.18. The van der Waals surface area contributed by atoms with E-state index in [0.717, 1.165) is 44.2 Å². The van der Waals surface area contributed by atoms with Crippen molar-refractivity contribution in [1.29, 1.82) is 0 Å². The van der Waals surface area contributed by atoms with Crippen LogP contribution >= 0.6 is 35.0 Å². The number of allylic oxidation sites excluding steroid dienone is 2. The quantitative estimate of drug-likeness (QED) is 0.191. The Labute approximate surface area is 256 Å². The van der Waals surface area contributed by atoms with Gasteiger partial charge in [0.25, 0.3) is 0 Å². The molecule has 0 saturated carbocycles. The zero-order valence-corrected chi connectivity index (χ0v) is 26.3. The van der Waals surface area contributed by atoms with Gasteiger partial charge in [0.1, 0.15) is 45.9 Å². The van der Waals surface area contributed by atoms with Gasteiger partial charge in [0.15, 0.2) is 6.10 Å². The van der Waals surface area contributed by atoms with E-state index in [9.17, 15) is 9.59 Å². The number of quaternary nitrogens is 2. The maximum atomic E-state index is 13.7. The standard InChI is InChI=1S/C29H39Cl2N3O6S/c1-19-26(28(35)39-12-13-41-25-15-22(30)14-23(31)16-25)20(2)32-21(3)27(19)29(36)40-24(17-33-4-8-37-9-5-33)18-34-6-10-38-11-7-34/h14-16,19,24,32H,4-13,17-18H2,1-3H3/p+2. The molecule has 0 amide bonds. The van der Waals surface area contributed by atoms with E-state index in [-0.39, 0.29) is 18.7 Å². The number of nitrogens with one attached hydrogen (secondary N) is 3. The third-order valence-corrected chi connectivity index (χ3v) is 8.99. The van der Waals surface area contributed by atoms with Gasteiger partial charge in [-0.05, 0) is 32.0 Å². The van der Waals surface area contributed by atoms with Crippen molar-refractivity contribution in [2.24, 2.45) is 5.92 Å². The van der Waals surface area contributed by atoms with Gasteiger partial charge in [-0.1, -0.05) is 30.1 Å². The molecule has 41 heavy (non-hydrogen) atoms. The minimum atomic E-state index is -0.470. The topological polar surface area (TPSA) is 92.0 Å². The van der Waals surface area contributed by atoms with E-state index in [2.05, 4.69) is 5.32 Å². The van der Waals surface area contributed by atoms with Crippen molar-refractivity contribution < 1.29 is 38.3 Å². The van der Waals surface area contributed by atoms with Gasteiger partial charge in [-0.2, -0.15) is 0 Å². The second kappa shape index (κ2) is 15.6. The Bertz CT molecular complexity index is 1110. The van der Waals surface area contributed by atoms with Gasteiger partial charge < -0.3 is 34.1 Å². The SMILES string of the molecule is CC1=C(C(=O)OCCSc2cc(Cl)cc(Cl)c2)C(C)C(C(=O)OC(C[NH+]2CCOCC2)C[NH+]2CCOCC2)=C(C)N1. The largest absolute Gasteiger partial charge is 0.461 e. The van der Waals surface area contributed by atoms with Gasteiger partial charge in [-0.3, -0.25) is 0 Å². The first-order chi connectivity index (χ1) is 19.7. The molecular weight excluding hydrogens is 589 g/mol. The predicted molar refractivity (Wildman–Crippen MR) is 158 cm³/mol. The van der Waals surface area contributed by atoms with Crippen molar-refractivity contribution in [3.8, 4) is 0 Å². The van der Waals surface area contributed by atoms with Gasteiger partial charge in [-0.25, -0.2) is 9.59 Å². The number of carbonyl (C=O) groups is 2. The normalized spacial score (nSPS) is 20.8. The molecule has 2 saturated heterocycles. The lowest BCUT2D eigenvalue weighted by Gasteiger charge is -2.32. The number of carbonyl (C=O) groups excluding carboxylic acids is 2. The lowest BCUT2D eigenvalue weighted by molar-refractivity contribution is -0.931. The molecule has 1 unspecified atom stereocenters. The highest BCUT2D eigenvalue weighted by Gasteiger charge is 2.36. The van der Waals surface area contributed by atoms with Crippen LogP contribution in [-0.4, -0.2) is 96.1 Å². The average Bonchev–Trinajstić information content (AvgIpc) is 2.91. The summed E-state index contributed by atoms with van der Waals surface area (Å²) >= 11 is 13.7. The van der Waals surface area contributed by atoms with Crippen molar-refractivity contribution in [2.45, 2.75) is 31.8 Å². The molecule has 2 fully saturated rings. The van der Waals surface area contributed by atoms with E-state index in [1.165, 1.54) is 21.6 Å². The molecule has 0 spiro atoms. The molecule has 12 heteroatoms. The predicted octanol–water partition coefficient (Wildman–Crippen LogP) is 1.16. The number of benzene rings is 1. The molecule has 0 aliphatic carbocycles. The number of hydrogen-bond donors (Lipinski definition) is 3. The number of morpholine rings is 2. The molecule has 3 aliphatic heterocycles. The smallest absolute Gasteiger partial charge is 0.337 e. The molecule has 9 nitrogen and oxygen atoms in total. The van der Waals surface area contributed by atoms with Crippen molar-refractivity contribution in [1.82, 2.24) is 5.32 Å². The summed E-state index contributed by atoms with van der Waals surface area (Å²) in [5.74, 6) is -0.769. The van der Waals surface area contributed by atoms with E-state index in [1.807, 2.05) is 32.9 Å². The molecule has 0 aromatic heterocycles. The molecule has 0 radical (unpaired) electrons. The summed E-state index contributed by atoms with van der Waals surface area (Å²) < 4.78 is 22.9. The third-order valence-electron chi connectivity index (χ3n) is 7.62. The van der Waals surface area contributed by atoms with Crippen LogP contribution in [0.15, 0.2) is 45.6 Å². The van der Waals surface area contributed by atoms with Crippen LogP contribution in [0.5, 0.6) is 0 Å². The van der Waals surface area contributed by atoms with Crippen LogP contribution in [0.2, 0.25) is 10.0 Å². The second-order valence-corrected chi connectivity index (χ2v) is 12.7. The molecule has 1 atom stereocenters. The average molecular weight is 631 g/mol. The van der Waals surface area contributed by atoms with Crippen molar-refractivity contribution in [3.63, 3.8) is 0 Å². The molecular formula is C29H41Cl2N3O6S+2. The Morgan fingerprint density at radius 3 is 1.98 bits per heavy atom. The van der Waals surface area contributed by atoms with Crippen LogP contribution in [0.25, 0.3) is 0 Å². The number of esters is 2.